The molecule has 0 heterocycles. The Balaban J connectivity index is 1.72. The average Bonchev–Trinajstić information content (AvgIpc) is 2.76. The van der Waals surface area contributed by atoms with Crippen molar-refractivity contribution in [3.63, 3.8) is 0 Å². The summed E-state index contributed by atoms with van der Waals surface area (Å²) in [5.74, 6) is 0.743. The number of nitrogens with zero attached hydrogens (tertiary/aromatic N) is 1. The van der Waals surface area contributed by atoms with Crippen LogP contribution in [0.3, 0.4) is 0 Å². The molecule has 2 aliphatic rings. The topological polar surface area (TPSA) is 38.8 Å². The van der Waals surface area contributed by atoms with Gasteiger partial charge < -0.3 is 14.4 Å². The molecule has 31 heavy (non-hydrogen) atoms. The summed E-state index contributed by atoms with van der Waals surface area (Å²) < 4.78 is 12.5. The minimum Gasteiger partial charge on any atom is -0.489 e. The van der Waals surface area contributed by atoms with Gasteiger partial charge in [-0.05, 0) is 88.0 Å². The van der Waals surface area contributed by atoms with E-state index in [-0.39, 0.29) is 11.4 Å². The Morgan fingerprint density at radius 2 is 1.81 bits per heavy atom. The number of benzene rings is 2. The van der Waals surface area contributed by atoms with Gasteiger partial charge in [0.25, 0.3) is 0 Å². The summed E-state index contributed by atoms with van der Waals surface area (Å²) in [6.45, 7) is 3.09. The summed E-state index contributed by atoms with van der Waals surface area (Å²) in [6.07, 6.45) is 7.16. The maximum absolute atomic E-state index is 12.2. The number of carbonyl (C=O) groups excluding carboxylic acids is 1. The van der Waals surface area contributed by atoms with Crippen molar-refractivity contribution < 1.29 is 14.3 Å². The van der Waals surface area contributed by atoms with Gasteiger partial charge in [-0.3, -0.25) is 4.79 Å². The summed E-state index contributed by atoms with van der Waals surface area (Å²) in [4.78, 5) is 14.5. The Kier molecular flexibility index (Phi) is 6.38. The van der Waals surface area contributed by atoms with Crippen LogP contribution < -0.4 is 4.74 Å². The third-order valence-corrected chi connectivity index (χ3v) is 7.27. The Hall–Kier alpha value is -2.33. The van der Waals surface area contributed by atoms with Crippen LogP contribution in [0.1, 0.15) is 62.1 Å². The first kappa shape index (κ1) is 21.9. The molecule has 1 saturated carbocycles. The van der Waals surface area contributed by atoms with E-state index >= 15 is 0 Å². The van der Waals surface area contributed by atoms with E-state index < -0.39 is 5.60 Å². The molecule has 4 rings (SSSR count). The number of fused-ring (bicyclic) bond motifs is 3. The minimum absolute atomic E-state index is 0.152. The molecule has 0 amide bonds. The summed E-state index contributed by atoms with van der Waals surface area (Å²) in [7, 11) is 4.24. The SMILES string of the molecule is CC(=O)OC12CCCC[C@]1(CCN(C)C)c1cc(OCc3ccccc3)ccc1CC2. The fourth-order valence-electron chi connectivity index (χ4n) is 5.81. The van der Waals surface area contributed by atoms with Crippen molar-refractivity contribution >= 4 is 5.97 Å². The fraction of sp³-hybridized carbons (Fsp3) is 0.519. The van der Waals surface area contributed by atoms with Gasteiger partial charge in [0.2, 0.25) is 0 Å². The standard InChI is InChI=1S/C27H35NO3/c1-21(29)31-27-15-8-7-14-26(27,17-18-28(2)3)25-19-24(12-11-23(25)13-16-27)30-20-22-9-5-4-6-10-22/h4-6,9-12,19H,7-8,13-18,20H2,1-3H3/t26-,27?/m0/s1. The zero-order valence-corrected chi connectivity index (χ0v) is 19.2. The van der Waals surface area contributed by atoms with Gasteiger partial charge in [0, 0.05) is 12.3 Å². The molecule has 4 nitrogen and oxygen atoms in total. The molecule has 1 fully saturated rings. The maximum atomic E-state index is 12.2. The number of hydrogen-bond donors (Lipinski definition) is 0. The van der Waals surface area contributed by atoms with Crippen molar-refractivity contribution in [1.29, 1.82) is 0 Å². The second-order valence-electron chi connectivity index (χ2n) is 9.52. The third kappa shape index (κ3) is 4.36. The number of ether oxygens (including phenoxy) is 2. The first-order valence-electron chi connectivity index (χ1n) is 11.6. The molecule has 0 radical (unpaired) electrons. The van der Waals surface area contributed by atoms with E-state index in [0.29, 0.717) is 6.61 Å². The van der Waals surface area contributed by atoms with Crippen LogP contribution in [0.15, 0.2) is 48.5 Å². The van der Waals surface area contributed by atoms with Gasteiger partial charge in [0.1, 0.15) is 18.0 Å². The zero-order valence-electron chi connectivity index (χ0n) is 19.2. The quantitative estimate of drug-likeness (QED) is 0.571. The van der Waals surface area contributed by atoms with Crippen LogP contribution in [-0.4, -0.2) is 37.1 Å². The Morgan fingerprint density at radius 3 is 2.55 bits per heavy atom. The van der Waals surface area contributed by atoms with Gasteiger partial charge >= 0.3 is 5.97 Å². The molecular weight excluding hydrogens is 386 g/mol. The van der Waals surface area contributed by atoms with Crippen molar-refractivity contribution in [2.75, 3.05) is 20.6 Å². The van der Waals surface area contributed by atoms with Gasteiger partial charge in [0.05, 0.1) is 0 Å². The molecule has 1 unspecified atom stereocenters. The lowest BCUT2D eigenvalue weighted by molar-refractivity contribution is -0.177. The molecule has 0 saturated heterocycles. The molecule has 4 heteroatoms. The van der Waals surface area contributed by atoms with Gasteiger partial charge in [-0.15, -0.1) is 0 Å². The number of esters is 1. The lowest BCUT2D eigenvalue weighted by atomic mass is 9.53. The lowest BCUT2D eigenvalue weighted by Crippen LogP contribution is -2.59. The largest absolute Gasteiger partial charge is 0.489 e. The monoisotopic (exact) mass is 421 g/mol. The molecule has 2 aromatic carbocycles. The highest BCUT2D eigenvalue weighted by atomic mass is 16.6. The average molecular weight is 422 g/mol. The number of aryl methyl sites for hydroxylation is 1. The van der Waals surface area contributed by atoms with E-state index in [9.17, 15) is 4.79 Å². The second kappa shape index (κ2) is 9.04. The zero-order chi connectivity index (χ0) is 21.9. The van der Waals surface area contributed by atoms with Crippen molar-refractivity contribution in [3.8, 4) is 5.75 Å². The minimum atomic E-state index is -0.405. The van der Waals surface area contributed by atoms with E-state index in [1.807, 2.05) is 18.2 Å². The first-order chi connectivity index (χ1) is 14.9. The predicted octanol–water partition coefficient (Wildman–Crippen LogP) is 5.28. The van der Waals surface area contributed by atoms with E-state index in [2.05, 4.69) is 49.3 Å². The molecular formula is C27H35NO3. The lowest BCUT2D eigenvalue weighted by Gasteiger charge is -2.56. The molecule has 0 aliphatic heterocycles. The summed E-state index contributed by atoms with van der Waals surface area (Å²) >= 11 is 0. The molecule has 2 aliphatic carbocycles. The van der Waals surface area contributed by atoms with Crippen LogP contribution in [0.5, 0.6) is 5.75 Å². The van der Waals surface area contributed by atoms with Crippen LogP contribution in [0.4, 0.5) is 0 Å². The predicted molar refractivity (Wildman–Crippen MR) is 123 cm³/mol. The second-order valence-corrected chi connectivity index (χ2v) is 9.52. The van der Waals surface area contributed by atoms with E-state index in [1.165, 1.54) is 17.5 Å². The number of hydrogen-bond acceptors (Lipinski definition) is 4. The Morgan fingerprint density at radius 1 is 1.03 bits per heavy atom. The first-order valence-corrected chi connectivity index (χ1v) is 11.6. The van der Waals surface area contributed by atoms with Crippen molar-refractivity contribution in [3.05, 3.63) is 65.2 Å². The highest BCUT2D eigenvalue weighted by molar-refractivity contribution is 5.67. The van der Waals surface area contributed by atoms with E-state index in [4.69, 9.17) is 9.47 Å². The van der Waals surface area contributed by atoms with Gasteiger partial charge in [0.15, 0.2) is 0 Å². The third-order valence-electron chi connectivity index (χ3n) is 7.27. The Labute approximate surface area is 186 Å². The van der Waals surface area contributed by atoms with Crippen molar-refractivity contribution in [2.45, 2.75) is 69.5 Å². The molecule has 0 N–H and O–H groups in total. The van der Waals surface area contributed by atoms with Gasteiger partial charge in [-0.25, -0.2) is 0 Å². The van der Waals surface area contributed by atoms with Crippen LogP contribution in [0.2, 0.25) is 0 Å². The highest BCUT2D eigenvalue weighted by Crippen LogP contribution is 2.57. The van der Waals surface area contributed by atoms with Crippen LogP contribution in [-0.2, 0) is 28.0 Å². The molecule has 166 valence electrons. The molecule has 0 spiro atoms. The summed E-state index contributed by atoms with van der Waals surface area (Å²) in [5.41, 5.74) is 3.33. The molecule has 0 bridgehead atoms. The molecule has 0 aromatic heterocycles. The summed E-state index contributed by atoms with van der Waals surface area (Å²) in [5, 5.41) is 0. The van der Waals surface area contributed by atoms with E-state index in [1.54, 1.807) is 6.92 Å². The van der Waals surface area contributed by atoms with Gasteiger partial charge in [-0.2, -0.15) is 0 Å². The summed E-state index contributed by atoms with van der Waals surface area (Å²) in [6, 6.07) is 16.9. The maximum Gasteiger partial charge on any atom is 0.303 e. The smallest absolute Gasteiger partial charge is 0.303 e. The van der Waals surface area contributed by atoms with Crippen LogP contribution >= 0.6 is 0 Å². The fourth-order valence-corrected chi connectivity index (χ4v) is 5.81. The van der Waals surface area contributed by atoms with E-state index in [0.717, 1.165) is 56.4 Å². The van der Waals surface area contributed by atoms with Crippen LogP contribution in [0.25, 0.3) is 0 Å². The number of carbonyl (C=O) groups is 1. The Bertz CT molecular complexity index is 910. The number of rotatable bonds is 7. The van der Waals surface area contributed by atoms with Crippen molar-refractivity contribution in [2.24, 2.45) is 0 Å². The normalized spacial score (nSPS) is 24.9. The van der Waals surface area contributed by atoms with Crippen molar-refractivity contribution in [1.82, 2.24) is 4.90 Å². The molecule has 2 atom stereocenters. The molecule has 2 aromatic rings. The van der Waals surface area contributed by atoms with Crippen LogP contribution in [0, 0.1) is 0 Å². The highest BCUT2D eigenvalue weighted by Gasteiger charge is 2.58. The van der Waals surface area contributed by atoms with Gasteiger partial charge in [-0.1, -0.05) is 42.8 Å².